The fourth-order valence-electron chi connectivity index (χ4n) is 3.00. The molecule has 0 spiro atoms. The summed E-state index contributed by atoms with van der Waals surface area (Å²) in [6.45, 7) is 0.322. The molecule has 1 amide bonds. The Balaban J connectivity index is 1.72. The average molecular weight is 422 g/mol. The first-order valence-electron chi connectivity index (χ1n) is 8.97. The van der Waals surface area contributed by atoms with Gasteiger partial charge in [-0.05, 0) is 36.2 Å². The van der Waals surface area contributed by atoms with E-state index in [-0.39, 0.29) is 24.3 Å². The van der Waals surface area contributed by atoms with E-state index in [4.69, 9.17) is 14.7 Å². The van der Waals surface area contributed by atoms with Crippen LogP contribution in [0.1, 0.15) is 18.4 Å². The summed E-state index contributed by atoms with van der Waals surface area (Å²) >= 11 is 0. The topological polar surface area (TPSA) is 125 Å². The van der Waals surface area contributed by atoms with E-state index in [0.717, 1.165) is 9.87 Å². The Morgan fingerprint density at radius 3 is 2.48 bits per heavy atom. The van der Waals surface area contributed by atoms with E-state index in [9.17, 15) is 18.3 Å². The van der Waals surface area contributed by atoms with Gasteiger partial charge in [0.25, 0.3) is 0 Å². The molecule has 0 aromatic heterocycles. The Hall–Kier alpha value is -2.66. The Bertz CT molecular complexity index is 919. The van der Waals surface area contributed by atoms with Gasteiger partial charge >= 0.3 is 6.09 Å². The predicted molar refractivity (Wildman–Crippen MR) is 102 cm³/mol. The summed E-state index contributed by atoms with van der Waals surface area (Å²) in [6, 6.07) is 15.5. The van der Waals surface area contributed by atoms with Crippen LogP contribution < -0.4 is 10.2 Å². The zero-order valence-electron chi connectivity index (χ0n) is 15.5. The number of sulfonamides is 1. The van der Waals surface area contributed by atoms with Gasteiger partial charge in [-0.2, -0.15) is 4.31 Å². The zero-order chi connectivity index (χ0) is 20.9. The molecule has 0 bridgehead atoms. The van der Waals surface area contributed by atoms with Crippen LogP contribution in [0, 0.1) is 0 Å². The van der Waals surface area contributed by atoms with Gasteiger partial charge in [-0.15, -0.1) is 0 Å². The van der Waals surface area contributed by atoms with Crippen LogP contribution in [0.25, 0.3) is 0 Å². The highest BCUT2D eigenvalue weighted by atomic mass is 32.2. The summed E-state index contributed by atoms with van der Waals surface area (Å²) in [7, 11) is -3.99. The Morgan fingerprint density at radius 2 is 1.83 bits per heavy atom. The number of amides is 1. The minimum absolute atomic E-state index is 0.000965. The normalized spacial score (nSPS) is 20.1. The molecule has 10 heteroatoms. The van der Waals surface area contributed by atoms with Crippen molar-refractivity contribution in [2.75, 3.05) is 6.54 Å². The number of hydroxylamine groups is 1. The van der Waals surface area contributed by atoms with Crippen molar-refractivity contribution in [3.05, 3.63) is 60.2 Å². The lowest BCUT2D eigenvalue weighted by Gasteiger charge is -2.35. The lowest BCUT2D eigenvalue weighted by molar-refractivity contribution is -0.0444. The molecular formula is C19H22N2O7S. The molecule has 1 saturated heterocycles. The Kier molecular flexibility index (Phi) is 6.70. The van der Waals surface area contributed by atoms with Crippen molar-refractivity contribution in [2.24, 2.45) is 0 Å². The molecule has 1 aliphatic heterocycles. The number of hydrogen-bond acceptors (Lipinski definition) is 7. The van der Waals surface area contributed by atoms with Gasteiger partial charge in [0.2, 0.25) is 10.0 Å². The molecule has 1 heterocycles. The number of nitrogens with zero attached hydrogens (tertiary/aromatic N) is 1. The summed E-state index contributed by atoms with van der Waals surface area (Å²) in [5.74, 6) is 0.509. The third kappa shape index (κ3) is 5.24. The highest BCUT2D eigenvalue weighted by Gasteiger charge is 2.38. The SMILES string of the molecule is O=C(NO)O[C@@H]1C[C@@H](O)CCN1S(=O)(=O)c1ccc(OCc2ccccc2)cc1. The molecule has 0 unspecified atom stereocenters. The van der Waals surface area contributed by atoms with Gasteiger partial charge < -0.3 is 14.6 Å². The van der Waals surface area contributed by atoms with E-state index in [2.05, 4.69) is 0 Å². The molecule has 3 rings (SSSR count). The van der Waals surface area contributed by atoms with E-state index in [1.807, 2.05) is 30.3 Å². The van der Waals surface area contributed by atoms with Gasteiger partial charge in [0.1, 0.15) is 12.4 Å². The Labute approximate surface area is 168 Å². The van der Waals surface area contributed by atoms with E-state index in [1.165, 1.54) is 17.6 Å². The molecule has 1 fully saturated rings. The molecule has 9 nitrogen and oxygen atoms in total. The third-order valence-corrected chi connectivity index (χ3v) is 6.39. The fourth-order valence-corrected chi connectivity index (χ4v) is 4.54. The van der Waals surface area contributed by atoms with Crippen molar-refractivity contribution in [1.82, 2.24) is 9.79 Å². The number of hydrogen-bond donors (Lipinski definition) is 3. The Morgan fingerprint density at radius 1 is 1.14 bits per heavy atom. The van der Waals surface area contributed by atoms with Crippen LogP contribution in [0.5, 0.6) is 5.75 Å². The number of benzene rings is 2. The van der Waals surface area contributed by atoms with Gasteiger partial charge in [-0.1, -0.05) is 30.3 Å². The molecule has 2 aromatic rings. The van der Waals surface area contributed by atoms with Crippen molar-refractivity contribution in [1.29, 1.82) is 0 Å². The average Bonchev–Trinajstić information content (AvgIpc) is 2.73. The minimum atomic E-state index is -3.99. The van der Waals surface area contributed by atoms with Crippen molar-refractivity contribution < 1.29 is 33.0 Å². The molecule has 1 aliphatic rings. The first-order chi connectivity index (χ1) is 13.9. The van der Waals surface area contributed by atoms with Crippen LogP contribution in [-0.2, 0) is 21.4 Å². The maximum Gasteiger partial charge on any atom is 0.432 e. The zero-order valence-corrected chi connectivity index (χ0v) is 16.3. The van der Waals surface area contributed by atoms with Crippen LogP contribution in [0.4, 0.5) is 4.79 Å². The summed E-state index contributed by atoms with van der Waals surface area (Å²) in [5.41, 5.74) is 2.28. The standard InChI is InChI=1S/C19H22N2O7S/c22-15-10-11-21(18(12-15)28-19(23)20-24)29(25,26)17-8-6-16(7-9-17)27-13-14-4-2-1-3-5-14/h1-9,15,18,22,24H,10-13H2,(H,20,23)/t15-,18+/m0/s1. The fraction of sp³-hybridized carbons (Fsp3) is 0.316. The van der Waals surface area contributed by atoms with E-state index in [1.54, 1.807) is 12.1 Å². The molecule has 156 valence electrons. The van der Waals surface area contributed by atoms with Crippen LogP contribution in [0.3, 0.4) is 0 Å². The maximum absolute atomic E-state index is 13.0. The molecule has 29 heavy (non-hydrogen) atoms. The third-order valence-electron chi connectivity index (χ3n) is 4.49. The first-order valence-corrected chi connectivity index (χ1v) is 10.4. The molecule has 0 aliphatic carbocycles. The maximum atomic E-state index is 13.0. The molecule has 0 saturated carbocycles. The highest BCUT2D eigenvalue weighted by molar-refractivity contribution is 7.89. The number of piperidine rings is 1. The number of nitrogens with one attached hydrogen (secondary N) is 1. The van der Waals surface area contributed by atoms with Crippen LogP contribution >= 0.6 is 0 Å². The van der Waals surface area contributed by atoms with Gasteiger partial charge in [-0.3, -0.25) is 5.21 Å². The van der Waals surface area contributed by atoms with Crippen LogP contribution in [-0.4, -0.2) is 48.0 Å². The number of rotatable bonds is 6. The highest BCUT2D eigenvalue weighted by Crippen LogP contribution is 2.27. The number of aliphatic hydroxyl groups excluding tert-OH is 1. The second kappa shape index (κ2) is 9.23. The van der Waals surface area contributed by atoms with Crippen LogP contribution in [0.2, 0.25) is 0 Å². The summed E-state index contributed by atoms with van der Waals surface area (Å²) < 4.78 is 37.5. The van der Waals surface area contributed by atoms with Gasteiger partial charge in [0.05, 0.1) is 11.0 Å². The number of carbonyl (C=O) groups is 1. The quantitative estimate of drug-likeness (QED) is 0.479. The van der Waals surface area contributed by atoms with E-state index >= 15 is 0 Å². The molecule has 2 atom stereocenters. The second-order valence-electron chi connectivity index (χ2n) is 6.51. The summed E-state index contributed by atoms with van der Waals surface area (Å²) in [4.78, 5) is 11.3. The minimum Gasteiger partial charge on any atom is -0.489 e. The monoisotopic (exact) mass is 422 g/mol. The van der Waals surface area contributed by atoms with Crippen molar-refractivity contribution in [2.45, 2.75) is 36.7 Å². The summed E-state index contributed by atoms with van der Waals surface area (Å²) in [5, 5.41) is 18.4. The summed E-state index contributed by atoms with van der Waals surface area (Å²) in [6.07, 6.45) is -3.13. The molecular weight excluding hydrogens is 400 g/mol. The van der Waals surface area contributed by atoms with E-state index < -0.39 is 28.4 Å². The van der Waals surface area contributed by atoms with E-state index in [0.29, 0.717) is 12.4 Å². The molecule has 2 aromatic carbocycles. The van der Waals surface area contributed by atoms with Crippen molar-refractivity contribution >= 4 is 16.1 Å². The second-order valence-corrected chi connectivity index (χ2v) is 8.40. The number of ether oxygens (including phenoxy) is 2. The molecule has 3 N–H and O–H groups in total. The first kappa shape index (κ1) is 21.1. The lowest BCUT2D eigenvalue weighted by atomic mass is 10.1. The van der Waals surface area contributed by atoms with Gasteiger partial charge in [0.15, 0.2) is 6.23 Å². The number of aliphatic hydroxyl groups is 1. The van der Waals surface area contributed by atoms with Crippen LogP contribution in [0.15, 0.2) is 59.5 Å². The largest absolute Gasteiger partial charge is 0.489 e. The van der Waals surface area contributed by atoms with Crippen molar-refractivity contribution in [3.63, 3.8) is 0 Å². The lowest BCUT2D eigenvalue weighted by Crippen LogP contribution is -2.50. The van der Waals surface area contributed by atoms with Gasteiger partial charge in [0, 0.05) is 13.0 Å². The van der Waals surface area contributed by atoms with Gasteiger partial charge in [-0.25, -0.2) is 18.7 Å². The van der Waals surface area contributed by atoms with Crippen molar-refractivity contribution in [3.8, 4) is 5.75 Å². The number of carbonyl (C=O) groups excluding carboxylic acids is 1. The predicted octanol–water partition coefficient (Wildman–Crippen LogP) is 1.85. The molecule has 0 radical (unpaired) electrons. The smallest absolute Gasteiger partial charge is 0.432 e.